The largest absolute Gasteiger partial charge is 0.494 e. The molecule has 36 heavy (non-hydrogen) atoms. The smallest absolute Gasteiger partial charge is 0.337 e. The molecule has 0 aromatic heterocycles. The van der Waals surface area contributed by atoms with E-state index in [-0.39, 0.29) is 18.2 Å². The van der Waals surface area contributed by atoms with Gasteiger partial charge in [-0.3, -0.25) is 14.6 Å². The van der Waals surface area contributed by atoms with Gasteiger partial charge >= 0.3 is 5.97 Å². The SMILES string of the molecule is CCCCCCOc1ccc(N2C(=O)CC(SC(=NCC)Nc3ccc(C(=O)OC)cc3)C2=O)cc1. The number of carbonyl (C=O) groups is 3. The molecule has 2 aromatic rings. The minimum absolute atomic E-state index is 0.0882. The molecule has 1 aliphatic rings. The molecular formula is C27H33N3O5S. The van der Waals surface area contributed by atoms with E-state index in [1.807, 2.05) is 6.92 Å². The van der Waals surface area contributed by atoms with Crippen LogP contribution in [0.1, 0.15) is 56.3 Å². The van der Waals surface area contributed by atoms with Crippen molar-refractivity contribution in [1.29, 1.82) is 0 Å². The van der Waals surface area contributed by atoms with Crippen molar-refractivity contribution in [3.8, 4) is 5.75 Å². The Morgan fingerprint density at radius 2 is 1.78 bits per heavy atom. The van der Waals surface area contributed by atoms with Gasteiger partial charge in [0.25, 0.3) is 0 Å². The van der Waals surface area contributed by atoms with Gasteiger partial charge in [-0.1, -0.05) is 37.9 Å². The van der Waals surface area contributed by atoms with Gasteiger partial charge in [-0.15, -0.1) is 0 Å². The van der Waals surface area contributed by atoms with Crippen molar-refractivity contribution in [3.05, 3.63) is 54.1 Å². The van der Waals surface area contributed by atoms with E-state index >= 15 is 0 Å². The lowest BCUT2D eigenvalue weighted by Crippen LogP contribution is -2.31. The van der Waals surface area contributed by atoms with Gasteiger partial charge in [0.15, 0.2) is 5.17 Å². The van der Waals surface area contributed by atoms with Crippen LogP contribution >= 0.6 is 11.8 Å². The quantitative estimate of drug-likeness (QED) is 0.144. The maximum atomic E-state index is 13.1. The minimum atomic E-state index is -0.584. The molecule has 1 saturated heterocycles. The highest BCUT2D eigenvalue weighted by Gasteiger charge is 2.40. The summed E-state index contributed by atoms with van der Waals surface area (Å²) in [5.41, 5.74) is 1.68. The zero-order chi connectivity index (χ0) is 25.9. The molecule has 0 aliphatic carbocycles. The number of rotatable bonds is 11. The van der Waals surface area contributed by atoms with Gasteiger partial charge in [0.1, 0.15) is 11.0 Å². The number of aliphatic imine (C=N–C) groups is 1. The van der Waals surface area contributed by atoms with E-state index in [4.69, 9.17) is 9.47 Å². The van der Waals surface area contributed by atoms with Gasteiger partial charge in [0.2, 0.25) is 11.8 Å². The summed E-state index contributed by atoms with van der Waals surface area (Å²) >= 11 is 1.23. The molecule has 1 unspecified atom stereocenters. The molecule has 0 bridgehead atoms. The van der Waals surface area contributed by atoms with E-state index in [2.05, 4.69) is 17.2 Å². The van der Waals surface area contributed by atoms with E-state index < -0.39 is 11.2 Å². The average Bonchev–Trinajstić information content (AvgIpc) is 3.16. The maximum Gasteiger partial charge on any atom is 0.337 e. The number of nitrogens with zero attached hydrogens (tertiary/aromatic N) is 2. The summed E-state index contributed by atoms with van der Waals surface area (Å²) < 4.78 is 10.5. The number of methoxy groups -OCH3 is 1. The second kappa shape index (κ2) is 13.7. The molecule has 1 aliphatic heterocycles. The molecule has 192 valence electrons. The molecule has 1 atom stereocenters. The topological polar surface area (TPSA) is 97.3 Å². The first-order chi connectivity index (χ1) is 17.5. The highest BCUT2D eigenvalue weighted by Crippen LogP contribution is 2.31. The van der Waals surface area contributed by atoms with Crippen LogP contribution < -0.4 is 15.0 Å². The van der Waals surface area contributed by atoms with Crippen molar-refractivity contribution in [2.75, 3.05) is 30.5 Å². The highest BCUT2D eigenvalue weighted by atomic mass is 32.2. The number of nitrogens with one attached hydrogen (secondary N) is 1. The molecule has 1 heterocycles. The number of ether oxygens (including phenoxy) is 2. The Bertz CT molecular complexity index is 1070. The van der Waals surface area contributed by atoms with E-state index in [0.717, 1.165) is 18.6 Å². The molecule has 0 saturated carbocycles. The molecule has 1 fully saturated rings. The Labute approximate surface area is 216 Å². The summed E-state index contributed by atoms with van der Waals surface area (Å²) in [4.78, 5) is 43.2. The van der Waals surface area contributed by atoms with Crippen LogP contribution in [0.2, 0.25) is 0 Å². The van der Waals surface area contributed by atoms with Crippen LogP contribution in [0.25, 0.3) is 0 Å². The first kappa shape index (κ1) is 27.3. The number of thioether (sulfide) groups is 1. The summed E-state index contributed by atoms with van der Waals surface area (Å²) in [7, 11) is 1.33. The van der Waals surface area contributed by atoms with Crippen LogP contribution in [0.4, 0.5) is 11.4 Å². The van der Waals surface area contributed by atoms with E-state index in [9.17, 15) is 14.4 Å². The molecule has 2 amide bonds. The third-order valence-electron chi connectivity index (χ3n) is 5.58. The van der Waals surface area contributed by atoms with Crippen molar-refractivity contribution in [1.82, 2.24) is 0 Å². The van der Waals surface area contributed by atoms with Crippen LogP contribution in [0, 0.1) is 0 Å². The van der Waals surface area contributed by atoms with E-state index in [1.54, 1.807) is 48.5 Å². The van der Waals surface area contributed by atoms with Gasteiger partial charge < -0.3 is 14.8 Å². The van der Waals surface area contributed by atoms with Crippen molar-refractivity contribution >= 4 is 46.1 Å². The van der Waals surface area contributed by atoms with Gasteiger partial charge in [-0.05, 0) is 61.9 Å². The highest BCUT2D eigenvalue weighted by molar-refractivity contribution is 8.15. The Kier molecular flexibility index (Phi) is 10.4. The lowest BCUT2D eigenvalue weighted by Gasteiger charge is -2.16. The lowest BCUT2D eigenvalue weighted by molar-refractivity contribution is -0.121. The van der Waals surface area contributed by atoms with Gasteiger partial charge in [0, 0.05) is 18.7 Å². The monoisotopic (exact) mass is 511 g/mol. The minimum Gasteiger partial charge on any atom is -0.494 e. The molecule has 9 heteroatoms. The number of hydrogen-bond donors (Lipinski definition) is 1. The molecular weight excluding hydrogens is 478 g/mol. The molecule has 8 nitrogen and oxygen atoms in total. The van der Waals surface area contributed by atoms with Crippen molar-refractivity contribution in [3.63, 3.8) is 0 Å². The maximum absolute atomic E-state index is 13.1. The van der Waals surface area contributed by atoms with Gasteiger partial charge in [-0.2, -0.15) is 0 Å². The van der Waals surface area contributed by atoms with Crippen LogP contribution in [0.5, 0.6) is 5.75 Å². The number of esters is 1. The van der Waals surface area contributed by atoms with Crippen LogP contribution in [0.3, 0.4) is 0 Å². The van der Waals surface area contributed by atoms with Gasteiger partial charge in [0.05, 0.1) is 25.0 Å². The van der Waals surface area contributed by atoms with Crippen LogP contribution in [-0.4, -0.2) is 48.5 Å². The first-order valence-electron chi connectivity index (χ1n) is 12.2. The fourth-order valence-electron chi connectivity index (χ4n) is 3.69. The van der Waals surface area contributed by atoms with Crippen molar-refractivity contribution < 1.29 is 23.9 Å². The number of carbonyl (C=O) groups excluding carboxylic acids is 3. The fourth-order valence-corrected chi connectivity index (χ4v) is 4.78. The predicted octanol–water partition coefficient (Wildman–Crippen LogP) is 5.29. The number of unbranched alkanes of at least 4 members (excludes halogenated alkanes) is 3. The Morgan fingerprint density at radius 3 is 2.42 bits per heavy atom. The van der Waals surface area contributed by atoms with Gasteiger partial charge in [-0.25, -0.2) is 9.69 Å². The zero-order valence-electron chi connectivity index (χ0n) is 21.0. The number of imide groups is 1. The number of hydrogen-bond acceptors (Lipinski definition) is 7. The lowest BCUT2D eigenvalue weighted by atomic mass is 10.2. The molecule has 3 rings (SSSR count). The second-order valence-corrected chi connectivity index (χ2v) is 9.45. The predicted molar refractivity (Wildman–Crippen MR) is 144 cm³/mol. The zero-order valence-corrected chi connectivity index (χ0v) is 21.8. The van der Waals surface area contributed by atoms with Crippen molar-refractivity contribution in [2.24, 2.45) is 4.99 Å². The summed E-state index contributed by atoms with van der Waals surface area (Å²) in [5, 5.41) is 3.13. The third kappa shape index (κ3) is 7.34. The Morgan fingerprint density at radius 1 is 1.06 bits per heavy atom. The summed E-state index contributed by atoms with van der Waals surface area (Å²) in [5.74, 6) is -0.214. The molecule has 2 aromatic carbocycles. The van der Waals surface area contributed by atoms with Crippen LogP contribution in [-0.2, 0) is 14.3 Å². The number of amidine groups is 1. The standard InChI is InChI=1S/C27H33N3O5S/c1-4-6-7-8-17-35-22-15-13-21(14-16-22)30-24(31)18-23(25(30)32)36-27(28-5-2)29-20-11-9-19(10-12-20)26(33)34-3/h9-16,23H,4-8,17-18H2,1-3H3,(H,28,29). The van der Waals surface area contributed by atoms with E-state index in [0.29, 0.717) is 35.3 Å². The second-order valence-electron chi connectivity index (χ2n) is 8.25. The number of anilines is 2. The van der Waals surface area contributed by atoms with E-state index in [1.165, 1.54) is 36.6 Å². The molecule has 0 spiro atoms. The third-order valence-corrected chi connectivity index (χ3v) is 6.69. The Balaban J connectivity index is 1.61. The average molecular weight is 512 g/mol. The molecule has 0 radical (unpaired) electrons. The first-order valence-corrected chi connectivity index (χ1v) is 13.1. The Hall–Kier alpha value is -3.33. The molecule has 1 N–H and O–H groups in total. The summed E-state index contributed by atoms with van der Waals surface area (Å²) in [6, 6.07) is 13.8. The normalized spacial score (nSPS) is 15.8. The number of amides is 2. The summed E-state index contributed by atoms with van der Waals surface area (Å²) in [6.45, 7) is 5.22. The summed E-state index contributed by atoms with van der Waals surface area (Å²) in [6.07, 6.45) is 4.61. The number of benzene rings is 2. The fraction of sp³-hybridized carbons (Fsp3) is 0.407. The van der Waals surface area contributed by atoms with Crippen LogP contribution in [0.15, 0.2) is 53.5 Å². The van der Waals surface area contributed by atoms with Crippen molar-refractivity contribution in [2.45, 2.75) is 51.2 Å².